The Balaban J connectivity index is 2.38. The number of carbonyl (C=O) groups is 1. The SMILES string of the molecule is CCC(C(=O)Nc1ccc(C(C)C)cc1)N(c1cc(Cl)ccc1Cl)S(C)(=O)=O. The first-order valence-corrected chi connectivity index (χ1v) is 11.5. The van der Waals surface area contributed by atoms with Crippen LogP contribution in [0.2, 0.25) is 10.0 Å². The predicted molar refractivity (Wildman–Crippen MR) is 117 cm³/mol. The average Bonchev–Trinajstić information content (AvgIpc) is 2.61. The van der Waals surface area contributed by atoms with Gasteiger partial charge in [-0.1, -0.05) is 56.1 Å². The maximum atomic E-state index is 12.9. The molecule has 1 unspecified atom stereocenters. The summed E-state index contributed by atoms with van der Waals surface area (Å²) in [6, 6.07) is 11.0. The van der Waals surface area contributed by atoms with E-state index in [0.717, 1.165) is 16.1 Å². The first kappa shape index (κ1) is 22.5. The minimum atomic E-state index is -3.79. The molecular formula is C20H24Cl2N2O3S. The van der Waals surface area contributed by atoms with Crippen molar-refractivity contribution in [1.82, 2.24) is 0 Å². The van der Waals surface area contributed by atoms with Crippen molar-refractivity contribution < 1.29 is 13.2 Å². The summed E-state index contributed by atoms with van der Waals surface area (Å²) in [5.41, 5.74) is 1.92. The predicted octanol–water partition coefficient (Wildman–Crippen LogP) is 5.30. The standard InChI is InChI=1S/C20H24Cl2N2O3S/c1-5-18(20(25)23-16-9-6-14(7-10-16)13(2)3)24(28(4,26)27)19-12-15(21)8-11-17(19)22/h6-13,18H,5H2,1-4H3,(H,23,25). The third-order valence-corrected chi connectivity index (χ3v) is 6.04. The molecule has 28 heavy (non-hydrogen) atoms. The molecule has 0 aliphatic carbocycles. The van der Waals surface area contributed by atoms with E-state index in [9.17, 15) is 13.2 Å². The zero-order valence-corrected chi connectivity index (χ0v) is 18.6. The lowest BCUT2D eigenvalue weighted by Gasteiger charge is -2.30. The molecule has 5 nitrogen and oxygen atoms in total. The van der Waals surface area contributed by atoms with E-state index in [2.05, 4.69) is 19.2 Å². The van der Waals surface area contributed by atoms with Crippen molar-refractivity contribution in [3.63, 3.8) is 0 Å². The molecule has 0 spiro atoms. The van der Waals surface area contributed by atoms with Crippen molar-refractivity contribution in [2.24, 2.45) is 0 Å². The fraction of sp³-hybridized carbons (Fsp3) is 0.350. The molecule has 0 saturated heterocycles. The van der Waals surface area contributed by atoms with Gasteiger partial charge in [0.25, 0.3) is 0 Å². The molecule has 8 heteroatoms. The molecule has 2 aromatic carbocycles. The summed E-state index contributed by atoms with van der Waals surface area (Å²) in [6.45, 7) is 5.90. The smallest absolute Gasteiger partial charge is 0.248 e. The second-order valence-corrected chi connectivity index (χ2v) is 9.55. The van der Waals surface area contributed by atoms with Crippen LogP contribution in [0, 0.1) is 0 Å². The Morgan fingerprint density at radius 2 is 1.71 bits per heavy atom. The molecule has 0 saturated carbocycles. The molecule has 0 aliphatic heterocycles. The van der Waals surface area contributed by atoms with Crippen LogP contribution in [0.1, 0.15) is 38.7 Å². The number of nitrogens with one attached hydrogen (secondary N) is 1. The number of nitrogens with zero attached hydrogens (tertiary/aromatic N) is 1. The van der Waals surface area contributed by atoms with Gasteiger partial charge in [-0.25, -0.2) is 8.42 Å². The molecule has 0 fully saturated rings. The molecule has 0 radical (unpaired) electrons. The lowest BCUT2D eigenvalue weighted by atomic mass is 10.0. The first-order chi connectivity index (χ1) is 13.0. The zero-order chi connectivity index (χ0) is 21.1. The quantitative estimate of drug-likeness (QED) is 0.632. The van der Waals surface area contributed by atoms with Crippen LogP contribution in [0.5, 0.6) is 0 Å². The van der Waals surface area contributed by atoms with Crippen molar-refractivity contribution in [1.29, 1.82) is 0 Å². The molecule has 2 aromatic rings. The number of rotatable bonds is 7. The van der Waals surface area contributed by atoms with Crippen LogP contribution < -0.4 is 9.62 Å². The summed E-state index contributed by atoms with van der Waals surface area (Å²) in [5.74, 6) is -0.0693. The lowest BCUT2D eigenvalue weighted by Crippen LogP contribution is -2.47. The highest BCUT2D eigenvalue weighted by molar-refractivity contribution is 7.92. The van der Waals surface area contributed by atoms with Gasteiger partial charge < -0.3 is 5.32 Å². The van der Waals surface area contributed by atoms with Gasteiger partial charge in [0.15, 0.2) is 0 Å². The number of carbonyl (C=O) groups excluding carboxylic acids is 1. The van der Waals surface area contributed by atoms with Crippen molar-refractivity contribution >= 4 is 50.5 Å². The zero-order valence-electron chi connectivity index (χ0n) is 16.2. The maximum absolute atomic E-state index is 12.9. The van der Waals surface area contributed by atoms with E-state index in [1.54, 1.807) is 25.1 Å². The highest BCUT2D eigenvalue weighted by atomic mass is 35.5. The lowest BCUT2D eigenvalue weighted by molar-refractivity contribution is -0.117. The minimum Gasteiger partial charge on any atom is -0.324 e. The largest absolute Gasteiger partial charge is 0.324 e. The maximum Gasteiger partial charge on any atom is 0.248 e. The molecular weight excluding hydrogens is 419 g/mol. The van der Waals surface area contributed by atoms with Crippen molar-refractivity contribution in [3.05, 3.63) is 58.1 Å². The van der Waals surface area contributed by atoms with Gasteiger partial charge in [-0.05, 0) is 48.2 Å². The summed E-state index contributed by atoms with van der Waals surface area (Å²) in [5, 5.41) is 3.32. The number of benzene rings is 2. The Morgan fingerprint density at radius 1 is 1.11 bits per heavy atom. The molecule has 1 atom stereocenters. The summed E-state index contributed by atoms with van der Waals surface area (Å²) >= 11 is 12.2. The van der Waals surface area contributed by atoms with Gasteiger partial charge in [-0.2, -0.15) is 0 Å². The highest BCUT2D eigenvalue weighted by Gasteiger charge is 2.33. The van der Waals surface area contributed by atoms with E-state index in [4.69, 9.17) is 23.2 Å². The van der Waals surface area contributed by atoms with Crippen LogP contribution in [0.4, 0.5) is 11.4 Å². The molecule has 0 aromatic heterocycles. The number of anilines is 2. The molecule has 1 amide bonds. The molecule has 152 valence electrons. The van der Waals surface area contributed by atoms with Gasteiger partial charge in [0.2, 0.25) is 15.9 Å². The second kappa shape index (κ2) is 9.16. The average molecular weight is 443 g/mol. The summed E-state index contributed by atoms with van der Waals surface area (Å²) in [4.78, 5) is 12.9. The van der Waals surface area contributed by atoms with E-state index in [1.165, 1.54) is 12.1 Å². The Kier molecular flexibility index (Phi) is 7.37. The number of sulfonamides is 1. The molecule has 0 bridgehead atoms. The van der Waals surface area contributed by atoms with Gasteiger partial charge in [0.1, 0.15) is 6.04 Å². The molecule has 0 aliphatic rings. The topological polar surface area (TPSA) is 66.5 Å². The number of hydrogen-bond donors (Lipinski definition) is 1. The highest BCUT2D eigenvalue weighted by Crippen LogP contribution is 2.33. The van der Waals surface area contributed by atoms with E-state index in [1.807, 2.05) is 12.1 Å². The molecule has 2 rings (SSSR count). The van der Waals surface area contributed by atoms with Crippen LogP contribution >= 0.6 is 23.2 Å². The van der Waals surface area contributed by atoms with Crippen LogP contribution in [0.3, 0.4) is 0 Å². The summed E-state index contributed by atoms with van der Waals surface area (Å²) in [6.07, 6.45) is 1.30. The van der Waals surface area contributed by atoms with E-state index in [-0.39, 0.29) is 17.1 Å². The van der Waals surface area contributed by atoms with Crippen LogP contribution in [-0.2, 0) is 14.8 Å². The third-order valence-electron chi connectivity index (χ3n) is 4.32. The normalized spacial score (nSPS) is 12.7. The van der Waals surface area contributed by atoms with Crippen LogP contribution in [0.25, 0.3) is 0 Å². The Labute approximate surface area is 176 Å². The summed E-state index contributed by atoms with van der Waals surface area (Å²) in [7, 11) is -3.79. The van der Waals surface area contributed by atoms with Crippen molar-refractivity contribution in [3.8, 4) is 0 Å². The van der Waals surface area contributed by atoms with Gasteiger partial charge >= 0.3 is 0 Å². The molecule has 0 heterocycles. The fourth-order valence-electron chi connectivity index (χ4n) is 2.87. The fourth-order valence-corrected chi connectivity index (χ4v) is 4.51. The van der Waals surface area contributed by atoms with Crippen molar-refractivity contribution in [2.75, 3.05) is 15.9 Å². The number of amides is 1. The second-order valence-electron chi connectivity index (χ2n) is 6.84. The van der Waals surface area contributed by atoms with E-state index >= 15 is 0 Å². The van der Waals surface area contributed by atoms with Crippen LogP contribution in [-0.4, -0.2) is 26.6 Å². The summed E-state index contributed by atoms with van der Waals surface area (Å²) < 4.78 is 26.1. The van der Waals surface area contributed by atoms with E-state index < -0.39 is 22.0 Å². The van der Waals surface area contributed by atoms with Crippen molar-refractivity contribution in [2.45, 2.75) is 39.2 Å². The van der Waals surface area contributed by atoms with Crippen LogP contribution in [0.15, 0.2) is 42.5 Å². The Bertz CT molecular complexity index is 944. The Morgan fingerprint density at radius 3 is 2.21 bits per heavy atom. The van der Waals surface area contributed by atoms with Gasteiger partial charge in [0, 0.05) is 10.7 Å². The van der Waals surface area contributed by atoms with Gasteiger partial charge in [-0.15, -0.1) is 0 Å². The molecule has 1 N–H and O–H groups in total. The third kappa shape index (κ3) is 5.40. The van der Waals surface area contributed by atoms with Gasteiger partial charge in [0.05, 0.1) is 17.0 Å². The monoisotopic (exact) mass is 442 g/mol. The Hall–Kier alpha value is -1.76. The van der Waals surface area contributed by atoms with Gasteiger partial charge in [-0.3, -0.25) is 9.10 Å². The number of halogens is 2. The minimum absolute atomic E-state index is 0.175. The first-order valence-electron chi connectivity index (χ1n) is 8.89. The number of hydrogen-bond acceptors (Lipinski definition) is 3. The van der Waals surface area contributed by atoms with E-state index in [0.29, 0.717) is 16.6 Å².